The van der Waals surface area contributed by atoms with Gasteiger partial charge in [-0.2, -0.15) is 0 Å². The number of aryl methyl sites for hydroxylation is 3. The molecule has 9 nitrogen and oxygen atoms in total. The Bertz CT molecular complexity index is 1680. The highest BCUT2D eigenvalue weighted by Crippen LogP contribution is 2.28. The minimum atomic E-state index is -1.35. The van der Waals surface area contributed by atoms with Gasteiger partial charge in [0.05, 0.1) is 24.5 Å². The molecule has 0 saturated carbocycles. The number of hydrogen-bond donors (Lipinski definition) is 1. The second-order valence-corrected chi connectivity index (χ2v) is 9.66. The van der Waals surface area contributed by atoms with E-state index >= 15 is 0 Å². The first-order valence-electron chi connectivity index (χ1n) is 11.7. The standard InChI is InChI=1S/C27H24ClFN4O5/c1-15-7-19(29)20(30-10-15)12-38-22-8-17(3)33(26(35)24(22)28)21-9-23(31-11-16(21)2)32-6-4-5-18(25(32)34)27(36)13-37-14-27/h4-11,36H,12-14H2,1-3H3. The molecular formula is C27H24ClFN4O5. The summed E-state index contributed by atoms with van der Waals surface area (Å²) in [5.41, 5.74) is 0.239. The molecule has 1 fully saturated rings. The van der Waals surface area contributed by atoms with Crippen molar-refractivity contribution in [2.45, 2.75) is 33.0 Å². The molecule has 0 spiro atoms. The molecule has 4 aromatic rings. The summed E-state index contributed by atoms with van der Waals surface area (Å²) in [6, 6.07) is 7.72. The van der Waals surface area contributed by atoms with Crippen molar-refractivity contribution in [3.05, 3.63) is 109 Å². The van der Waals surface area contributed by atoms with E-state index in [9.17, 15) is 19.1 Å². The summed E-state index contributed by atoms with van der Waals surface area (Å²) in [5, 5.41) is 10.4. The number of hydrogen-bond acceptors (Lipinski definition) is 7. The van der Waals surface area contributed by atoms with Crippen molar-refractivity contribution < 1.29 is 19.0 Å². The molecule has 1 N–H and O–H groups in total. The van der Waals surface area contributed by atoms with Gasteiger partial charge in [-0.1, -0.05) is 11.6 Å². The molecule has 0 amide bonds. The minimum Gasteiger partial charge on any atom is -0.485 e. The third kappa shape index (κ3) is 4.51. The van der Waals surface area contributed by atoms with Crippen molar-refractivity contribution in [2.24, 2.45) is 0 Å². The van der Waals surface area contributed by atoms with Gasteiger partial charge >= 0.3 is 0 Å². The molecule has 0 aromatic carbocycles. The maximum atomic E-state index is 14.2. The number of nitrogens with zero attached hydrogens (tertiary/aromatic N) is 4. The first kappa shape index (κ1) is 25.8. The second kappa shape index (κ2) is 9.79. The Morgan fingerprint density at radius 2 is 1.89 bits per heavy atom. The molecule has 0 atom stereocenters. The van der Waals surface area contributed by atoms with Crippen LogP contribution in [-0.4, -0.2) is 37.4 Å². The lowest BCUT2D eigenvalue weighted by atomic mass is 9.93. The molecule has 1 aliphatic heterocycles. The van der Waals surface area contributed by atoms with E-state index in [0.717, 1.165) is 0 Å². The molecule has 5 rings (SSSR count). The van der Waals surface area contributed by atoms with Crippen LogP contribution in [0.1, 0.15) is 28.1 Å². The zero-order chi connectivity index (χ0) is 27.2. The van der Waals surface area contributed by atoms with Crippen LogP contribution >= 0.6 is 11.6 Å². The van der Waals surface area contributed by atoms with E-state index in [-0.39, 0.29) is 47.7 Å². The molecule has 0 bridgehead atoms. The average Bonchev–Trinajstić information content (AvgIpc) is 2.86. The van der Waals surface area contributed by atoms with Gasteiger partial charge in [0.1, 0.15) is 40.3 Å². The second-order valence-electron chi connectivity index (χ2n) is 9.28. The van der Waals surface area contributed by atoms with Crippen LogP contribution in [0.15, 0.2) is 58.5 Å². The van der Waals surface area contributed by atoms with Crippen LogP contribution in [0.3, 0.4) is 0 Å². The van der Waals surface area contributed by atoms with Gasteiger partial charge in [-0.3, -0.25) is 23.7 Å². The van der Waals surface area contributed by atoms with Crippen molar-refractivity contribution >= 4 is 11.6 Å². The zero-order valence-electron chi connectivity index (χ0n) is 20.9. The van der Waals surface area contributed by atoms with Gasteiger partial charge < -0.3 is 14.6 Å². The highest BCUT2D eigenvalue weighted by atomic mass is 35.5. The van der Waals surface area contributed by atoms with Crippen molar-refractivity contribution in [1.29, 1.82) is 0 Å². The average molecular weight is 539 g/mol. The number of ether oxygens (including phenoxy) is 2. The Morgan fingerprint density at radius 1 is 1.13 bits per heavy atom. The van der Waals surface area contributed by atoms with E-state index in [1.807, 2.05) is 0 Å². The van der Waals surface area contributed by atoms with E-state index in [1.165, 1.54) is 27.6 Å². The number of aliphatic hydroxyl groups is 1. The largest absolute Gasteiger partial charge is 0.485 e. The number of aromatic nitrogens is 4. The highest BCUT2D eigenvalue weighted by molar-refractivity contribution is 6.31. The van der Waals surface area contributed by atoms with Crippen LogP contribution in [0.4, 0.5) is 4.39 Å². The van der Waals surface area contributed by atoms with Crippen molar-refractivity contribution in [3.8, 4) is 17.3 Å². The van der Waals surface area contributed by atoms with Crippen LogP contribution in [0, 0.1) is 26.6 Å². The molecule has 0 unspecified atom stereocenters. The Kier molecular flexibility index (Phi) is 6.64. The topological polar surface area (TPSA) is 108 Å². The molecule has 4 aromatic heterocycles. The van der Waals surface area contributed by atoms with Gasteiger partial charge in [-0.25, -0.2) is 9.37 Å². The zero-order valence-corrected chi connectivity index (χ0v) is 21.6. The predicted molar refractivity (Wildman–Crippen MR) is 138 cm³/mol. The molecule has 5 heterocycles. The van der Waals surface area contributed by atoms with E-state index in [0.29, 0.717) is 22.5 Å². The fraction of sp³-hybridized carbons (Fsp3) is 0.259. The quantitative estimate of drug-likeness (QED) is 0.401. The van der Waals surface area contributed by atoms with E-state index in [1.54, 1.807) is 51.2 Å². The first-order valence-corrected chi connectivity index (χ1v) is 12.1. The van der Waals surface area contributed by atoms with Crippen molar-refractivity contribution in [1.82, 2.24) is 19.1 Å². The Hall–Kier alpha value is -3.86. The lowest BCUT2D eigenvalue weighted by molar-refractivity contribution is -0.185. The van der Waals surface area contributed by atoms with E-state index in [2.05, 4.69) is 9.97 Å². The lowest BCUT2D eigenvalue weighted by Crippen LogP contribution is -2.50. The Balaban J connectivity index is 1.52. The van der Waals surface area contributed by atoms with Gasteiger partial charge in [0.15, 0.2) is 0 Å². The molecule has 1 saturated heterocycles. The van der Waals surface area contributed by atoms with Gasteiger partial charge in [-0.05, 0) is 50.1 Å². The molecular weight excluding hydrogens is 515 g/mol. The SMILES string of the molecule is Cc1cnc(COc2cc(C)n(-c3cc(-n4cccc(C5(O)COC5)c4=O)ncc3C)c(=O)c2Cl)c(F)c1. The molecule has 11 heteroatoms. The molecule has 1 aliphatic rings. The van der Waals surface area contributed by atoms with Gasteiger partial charge in [-0.15, -0.1) is 0 Å². The molecule has 196 valence electrons. The van der Waals surface area contributed by atoms with Crippen LogP contribution in [0.5, 0.6) is 5.75 Å². The highest BCUT2D eigenvalue weighted by Gasteiger charge is 2.40. The summed E-state index contributed by atoms with van der Waals surface area (Å²) in [7, 11) is 0. The van der Waals surface area contributed by atoms with Crippen molar-refractivity contribution in [2.75, 3.05) is 13.2 Å². The fourth-order valence-electron chi connectivity index (χ4n) is 4.25. The summed E-state index contributed by atoms with van der Waals surface area (Å²) in [6.07, 6.45) is 4.60. The maximum absolute atomic E-state index is 14.2. The molecule has 0 radical (unpaired) electrons. The summed E-state index contributed by atoms with van der Waals surface area (Å²) in [5.74, 6) is -0.161. The predicted octanol–water partition coefficient (Wildman–Crippen LogP) is 3.29. The smallest absolute Gasteiger partial charge is 0.277 e. The molecule has 38 heavy (non-hydrogen) atoms. The van der Waals surface area contributed by atoms with E-state index in [4.69, 9.17) is 21.1 Å². The van der Waals surface area contributed by atoms with Gasteiger partial charge in [0.2, 0.25) is 0 Å². The third-order valence-corrected chi connectivity index (χ3v) is 6.74. The summed E-state index contributed by atoms with van der Waals surface area (Å²) < 4.78 is 27.6. The maximum Gasteiger partial charge on any atom is 0.277 e. The third-order valence-electron chi connectivity index (χ3n) is 6.40. The molecule has 0 aliphatic carbocycles. The number of rotatable bonds is 6. The monoisotopic (exact) mass is 538 g/mol. The summed E-state index contributed by atoms with van der Waals surface area (Å²) in [6.45, 7) is 5.07. The summed E-state index contributed by atoms with van der Waals surface area (Å²) >= 11 is 6.40. The minimum absolute atomic E-state index is 0.0347. The van der Waals surface area contributed by atoms with Crippen LogP contribution in [0.25, 0.3) is 11.5 Å². The summed E-state index contributed by atoms with van der Waals surface area (Å²) in [4.78, 5) is 34.9. The van der Waals surface area contributed by atoms with Gasteiger partial charge in [0.25, 0.3) is 11.1 Å². The normalized spacial score (nSPS) is 14.3. The van der Waals surface area contributed by atoms with Crippen molar-refractivity contribution in [3.63, 3.8) is 0 Å². The van der Waals surface area contributed by atoms with Crippen LogP contribution in [-0.2, 0) is 16.9 Å². The Morgan fingerprint density at radius 3 is 2.58 bits per heavy atom. The number of pyridine rings is 4. The number of halogens is 2. The van der Waals surface area contributed by atoms with Gasteiger partial charge in [0, 0.05) is 36.4 Å². The lowest BCUT2D eigenvalue weighted by Gasteiger charge is -2.36. The van der Waals surface area contributed by atoms with Crippen LogP contribution in [0.2, 0.25) is 5.02 Å². The van der Waals surface area contributed by atoms with E-state index < -0.39 is 22.5 Å². The van der Waals surface area contributed by atoms with Crippen LogP contribution < -0.4 is 15.9 Å². The first-order chi connectivity index (χ1) is 18.1. The Labute approximate surface area is 221 Å². The fourth-order valence-corrected chi connectivity index (χ4v) is 4.45.